The molecule has 0 spiro atoms. The number of rotatable bonds is 2. The van der Waals surface area contributed by atoms with Crippen molar-refractivity contribution in [2.75, 3.05) is 13.1 Å². The Morgan fingerprint density at radius 1 is 1.10 bits per heavy atom. The van der Waals surface area contributed by atoms with E-state index in [0.29, 0.717) is 0 Å². The van der Waals surface area contributed by atoms with Gasteiger partial charge in [0.15, 0.2) is 0 Å². The van der Waals surface area contributed by atoms with Crippen LogP contribution in [0.25, 0.3) is 4.48 Å². The van der Waals surface area contributed by atoms with Gasteiger partial charge in [0.2, 0.25) is 5.91 Å². The van der Waals surface area contributed by atoms with Crippen molar-refractivity contribution >= 4 is 26.3 Å². The van der Waals surface area contributed by atoms with E-state index in [1.54, 1.807) is 6.08 Å². The summed E-state index contributed by atoms with van der Waals surface area (Å²) in [6.45, 7) is 1.82. The van der Waals surface area contributed by atoms with Gasteiger partial charge in [-0.25, -0.2) is 0 Å². The Morgan fingerprint density at radius 2 is 1.86 bits per heavy atom. The number of nitrogens with zero attached hydrogens (tertiary/aromatic N) is 1. The highest BCUT2D eigenvalue weighted by atomic mass is 79.9. The van der Waals surface area contributed by atoms with Crippen LogP contribution in [0.5, 0.6) is 0 Å². The molecule has 110 valence electrons. The van der Waals surface area contributed by atoms with E-state index in [0.717, 1.165) is 43.3 Å². The predicted octanol–water partition coefficient (Wildman–Crippen LogP) is 4.31. The summed E-state index contributed by atoms with van der Waals surface area (Å²) >= 11 is 3.70. The lowest BCUT2D eigenvalue weighted by Crippen LogP contribution is -2.34. The molecule has 1 aliphatic heterocycles. The molecule has 1 aromatic rings. The van der Waals surface area contributed by atoms with E-state index in [1.807, 2.05) is 11.0 Å². The van der Waals surface area contributed by atoms with Crippen molar-refractivity contribution in [3.63, 3.8) is 0 Å². The van der Waals surface area contributed by atoms with Crippen LogP contribution in [-0.4, -0.2) is 23.9 Å². The first-order valence-electron chi connectivity index (χ1n) is 7.69. The zero-order valence-electron chi connectivity index (χ0n) is 12.1. The second-order valence-corrected chi connectivity index (χ2v) is 6.51. The monoisotopic (exact) mass is 345 g/mol. The molecule has 0 atom stereocenters. The van der Waals surface area contributed by atoms with Crippen LogP contribution in [-0.2, 0) is 11.2 Å². The van der Waals surface area contributed by atoms with Gasteiger partial charge in [-0.15, -0.1) is 0 Å². The molecule has 2 nitrogen and oxygen atoms in total. The van der Waals surface area contributed by atoms with Crippen molar-refractivity contribution in [1.82, 2.24) is 4.90 Å². The van der Waals surface area contributed by atoms with Crippen LogP contribution in [0.2, 0.25) is 0 Å². The number of hydrogen-bond donors (Lipinski definition) is 0. The molecule has 3 rings (SSSR count). The first-order chi connectivity index (χ1) is 10.3. The van der Waals surface area contributed by atoms with Crippen molar-refractivity contribution in [1.29, 1.82) is 0 Å². The lowest BCUT2D eigenvalue weighted by atomic mass is 9.92. The molecule has 0 bridgehead atoms. The summed E-state index contributed by atoms with van der Waals surface area (Å²) in [7, 11) is 0. The molecule has 0 unspecified atom stereocenters. The van der Waals surface area contributed by atoms with Gasteiger partial charge in [-0.2, -0.15) is 0 Å². The molecular weight excluding hydrogens is 326 g/mol. The molecule has 2 aliphatic rings. The standard InChI is InChI=1S/C18H20BrNO/c19-18-15(9-8-14-6-2-3-7-16(14)18)10-11-17(21)20-12-4-1-5-13-20/h2-3,6-7,10-11H,1,4-5,8-9,12-13H2/b11-10+. The fourth-order valence-electron chi connectivity index (χ4n) is 3.05. The number of amides is 1. The van der Waals surface area contributed by atoms with Gasteiger partial charge in [-0.3, -0.25) is 4.79 Å². The summed E-state index contributed by atoms with van der Waals surface area (Å²) in [4.78, 5) is 14.2. The minimum atomic E-state index is 0.154. The number of fused-ring (bicyclic) bond motifs is 1. The van der Waals surface area contributed by atoms with Crippen LogP contribution < -0.4 is 0 Å². The number of carbonyl (C=O) groups excluding carboxylic acids is 1. The van der Waals surface area contributed by atoms with Crippen LogP contribution >= 0.6 is 15.9 Å². The van der Waals surface area contributed by atoms with Crippen molar-refractivity contribution in [2.45, 2.75) is 32.1 Å². The predicted molar refractivity (Wildman–Crippen MR) is 90.2 cm³/mol. The number of likely N-dealkylation sites (tertiary alicyclic amines) is 1. The molecule has 0 aromatic heterocycles. The van der Waals surface area contributed by atoms with E-state index in [2.05, 4.69) is 40.2 Å². The summed E-state index contributed by atoms with van der Waals surface area (Å²) in [5.74, 6) is 0.154. The summed E-state index contributed by atoms with van der Waals surface area (Å²) in [5, 5.41) is 0. The van der Waals surface area contributed by atoms with E-state index in [9.17, 15) is 4.79 Å². The van der Waals surface area contributed by atoms with E-state index in [1.165, 1.54) is 23.1 Å². The number of carbonyl (C=O) groups is 1. The van der Waals surface area contributed by atoms with E-state index < -0.39 is 0 Å². The Hall–Kier alpha value is -1.35. The average Bonchev–Trinajstić information content (AvgIpc) is 2.55. The summed E-state index contributed by atoms with van der Waals surface area (Å²) in [6.07, 6.45) is 9.30. The van der Waals surface area contributed by atoms with Crippen molar-refractivity contribution in [3.05, 3.63) is 53.1 Å². The molecule has 3 heteroatoms. The van der Waals surface area contributed by atoms with Crippen LogP contribution in [0.1, 0.15) is 36.8 Å². The highest BCUT2D eigenvalue weighted by Crippen LogP contribution is 2.35. The van der Waals surface area contributed by atoms with Gasteiger partial charge >= 0.3 is 0 Å². The highest BCUT2D eigenvalue weighted by molar-refractivity contribution is 9.15. The third-order valence-electron chi connectivity index (χ3n) is 4.29. The third kappa shape index (κ3) is 3.29. The van der Waals surface area contributed by atoms with Crippen LogP contribution in [0.4, 0.5) is 0 Å². The second kappa shape index (κ2) is 6.61. The Bertz CT molecular complexity index is 597. The lowest BCUT2D eigenvalue weighted by molar-refractivity contribution is -0.126. The third-order valence-corrected chi connectivity index (χ3v) is 5.23. The Morgan fingerprint density at radius 3 is 2.67 bits per heavy atom. The Balaban J connectivity index is 1.75. The highest BCUT2D eigenvalue weighted by Gasteiger charge is 2.17. The van der Waals surface area contributed by atoms with Gasteiger partial charge in [0.1, 0.15) is 0 Å². The maximum absolute atomic E-state index is 12.2. The normalized spacial score (nSPS) is 19.0. The second-order valence-electron chi connectivity index (χ2n) is 5.72. The summed E-state index contributed by atoms with van der Waals surface area (Å²) in [6, 6.07) is 8.46. The largest absolute Gasteiger partial charge is 0.339 e. The topological polar surface area (TPSA) is 20.3 Å². The average molecular weight is 346 g/mol. The van der Waals surface area contributed by atoms with Crippen LogP contribution in [0.3, 0.4) is 0 Å². The lowest BCUT2D eigenvalue weighted by Gasteiger charge is -2.25. The summed E-state index contributed by atoms with van der Waals surface area (Å²) in [5.41, 5.74) is 3.86. The van der Waals surface area contributed by atoms with Crippen molar-refractivity contribution < 1.29 is 4.79 Å². The molecule has 1 aliphatic carbocycles. The first-order valence-corrected chi connectivity index (χ1v) is 8.49. The van der Waals surface area contributed by atoms with Gasteiger partial charge in [0.25, 0.3) is 0 Å². The van der Waals surface area contributed by atoms with Gasteiger partial charge in [-0.1, -0.05) is 30.3 Å². The smallest absolute Gasteiger partial charge is 0.246 e. The van der Waals surface area contributed by atoms with E-state index >= 15 is 0 Å². The number of halogens is 1. The number of benzene rings is 1. The Labute approximate surface area is 134 Å². The molecule has 1 fully saturated rings. The zero-order valence-corrected chi connectivity index (χ0v) is 13.7. The SMILES string of the molecule is O=C(/C=C/C1=C(Br)c2ccccc2CC1)N1CCCCC1. The van der Waals surface area contributed by atoms with Crippen LogP contribution in [0.15, 0.2) is 42.0 Å². The minimum absolute atomic E-state index is 0.154. The number of aryl methyl sites for hydroxylation is 1. The Kier molecular flexibility index (Phi) is 4.59. The van der Waals surface area contributed by atoms with Gasteiger partial charge < -0.3 is 4.90 Å². The van der Waals surface area contributed by atoms with E-state index in [4.69, 9.17) is 0 Å². The molecule has 0 radical (unpaired) electrons. The van der Waals surface area contributed by atoms with Crippen LogP contribution in [0, 0.1) is 0 Å². The molecule has 0 N–H and O–H groups in total. The van der Waals surface area contributed by atoms with Crippen molar-refractivity contribution in [2.24, 2.45) is 0 Å². The van der Waals surface area contributed by atoms with Crippen molar-refractivity contribution in [3.8, 4) is 0 Å². The van der Waals surface area contributed by atoms with Gasteiger partial charge in [0.05, 0.1) is 0 Å². The molecule has 1 aromatic carbocycles. The number of hydrogen-bond acceptors (Lipinski definition) is 1. The first kappa shape index (κ1) is 14.6. The molecule has 21 heavy (non-hydrogen) atoms. The quantitative estimate of drug-likeness (QED) is 0.731. The molecule has 0 saturated carbocycles. The minimum Gasteiger partial charge on any atom is -0.339 e. The maximum atomic E-state index is 12.2. The van der Waals surface area contributed by atoms with Gasteiger partial charge in [0, 0.05) is 23.6 Å². The fourth-order valence-corrected chi connectivity index (χ4v) is 3.77. The fraction of sp³-hybridized carbons (Fsp3) is 0.389. The van der Waals surface area contributed by atoms with Gasteiger partial charge in [-0.05, 0) is 64.7 Å². The maximum Gasteiger partial charge on any atom is 0.246 e. The van der Waals surface area contributed by atoms with E-state index in [-0.39, 0.29) is 5.91 Å². The molecule has 1 amide bonds. The molecule has 1 saturated heterocycles. The summed E-state index contributed by atoms with van der Waals surface area (Å²) < 4.78 is 1.13. The molecular formula is C18H20BrNO. The zero-order chi connectivity index (χ0) is 14.7. The molecule has 1 heterocycles. The number of allylic oxidation sites excluding steroid dienone is 2. The number of piperidine rings is 1.